The molecule has 2 aromatic carbocycles. The smallest absolute Gasteiger partial charge is 0.203 e. The number of benzene rings is 2. The molecule has 3 rings (SSSR count). The fourth-order valence-electron chi connectivity index (χ4n) is 2.16. The number of phenols is 1. The van der Waals surface area contributed by atoms with Crippen molar-refractivity contribution >= 4 is 22.7 Å². The molecule has 0 amide bonds. The van der Waals surface area contributed by atoms with Crippen molar-refractivity contribution in [2.24, 2.45) is 5.10 Å². The second-order valence-corrected chi connectivity index (χ2v) is 5.93. The average molecular weight is 355 g/mol. The van der Waals surface area contributed by atoms with E-state index in [-0.39, 0.29) is 5.75 Å². The summed E-state index contributed by atoms with van der Waals surface area (Å²) in [5.41, 5.74) is 5.59. The Kier molecular flexibility index (Phi) is 5.15. The molecule has 0 radical (unpaired) electrons. The van der Waals surface area contributed by atoms with Crippen LogP contribution in [0.3, 0.4) is 0 Å². The molecule has 0 saturated carbocycles. The quantitative estimate of drug-likeness (QED) is 0.517. The number of rotatable bonds is 6. The van der Waals surface area contributed by atoms with E-state index < -0.39 is 0 Å². The Morgan fingerprint density at radius 2 is 1.92 bits per heavy atom. The summed E-state index contributed by atoms with van der Waals surface area (Å²) in [5.74, 6) is 1.31. The van der Waals surface area contributed by atoms with E-state index in [1.54, 1.807) is 31.5 Å². The summed E-state index contributed by atoms with van der Waals surface area (Å²) in [5, 5.41) is 16.4. The first-order valence-corrected chi connectivity index (χ1v) is 8.33. The highest BCUT2D eigenvalue weighted by Gasteiger charge is 2.04. The van der Waals surface area contributed by atoms with Crippen molar-refractivity contribution in [3.05, 3.63) is 53.4 Å². The molecule has 0 unspecified atom stereocenters. The standard InChI is InChI=1S/C18H17N3O3S/c1-23-14-6-4-13(5-7-14)15-11-25-18(20-15)21-19-10-12-3-8-16(22)17(9-12)24-2/h3-11,22H,1-2H3,(H,20,21). The lowest BCUT2D eigenvalue weighted by molar-refractivity contribution is 0.373. The Balaban J connectivity index is 1.67. The average Bonchev–Trinajstić information content (AvgIpc) is 3.12. The fourth-order valence-corrected chi connectivity index (χ4v) is 2.82. The van der Waals surface area contributed by atoms with Crippen LogP contribution in [0.4, 0.5) is 5.13 Å². The van der Waals surface area contributed by atoms with E-state index in [4.69, 9.17) is 9.47 Å². The van der Waals surface area contributed by atoms with Crippen molar-refractivity contribution in [2.75, 3.05) is 19.6 Å². The maximum absolute atomic E-state index is 9.58. The number of hydrogen-bond acceptors (Lipinski definition) is 7. The molecule has 1 aromatic heterocycles. The van der Waals surface area contributed by atoms with E-state index in [1.807, 2.05) is 29.6 Å². The number of aromatic hydroxyl groups is 1. The Bertz CT molecular complexity index is 876. The van der Waals surface area contributed by atoms with Crippen molar-refractivity contribution in [1.29, 1.82) is 0 Å². The molecule has 0 atom stereocenters. The molecular weight excluding hydrogens is 338 g/mol. The molecule has 0 spiro atoms. The summed E-state index contributed by atoms with van der Waals surface area (Å²) in [7, 11) is 3.14. The number of nitrogens with one attached hydrogen (secondary N) is 1. The summed E-state index contributed by atoms with van der Waals surface area (Å²) in [6.45, 7) is 0. The molecule has 0 bridgehead atoms. The molecule has 0 saturated heterocycles. The molecule has 6 nitrogen and oxygen atoms in total. The number of nitrogens with zero attached hydrogens (tertiary/aromatic N) is 2. The third kappa shape index (κ3) is 4.07. The van der Waals surface area contributed by atoms with Crippen molar-refractivity contribution in [1.82, 2.24) is 4.98 Å². The minimum Gasteiger partial charge on any atom is -0.504 e. The molecule has 2 N–H and O–H groups in total. The number of phenolic OH excluding ortho intramolecular Hbond substituents is 1. The van der Waals surface area contributed by atoms with Crippen LogP contribution in [-0.4, -0.2) is 30.5 Å². The lowest BCUT2D eigenvalue weighted by Crippen LogP contribution is -1.91. The molecule has 0 aliphatic carbocycles. The van der Waals surface area contributed by atoms with E-state index in [0.29, 0.717) is 10.9 Å². The molecule has 0 fully saturated rings. The summed E-state index contributed by atoms with van der Waals surface area (Å²) < 4.78 is 10.2. The van der Waals surface area contributed by atoms with Gasteiger partial charge in [-0.05, 0) is 48.0 Å². The van der Waals surface area contributed by atoms with E-state index in [1.165, 1.54) is 18.4 Å². The van der Waals surface area contributed by atoms with Crippen LogP contribution in [0.15, 0.2) is 52.9 Å². The molecule has 3 aromatic rings. The number of thiazole rings is 1. The highest BCUT2D eigenvalue weighted by atomic mass is 32.1. The molecule has 0 aliphatic rings. The highest BCUT2D eigenvalue weighted by Crippen LogP contribution is 2.27. The Morgan fingerprint density at radius 1 is 1.12 bits per heavy atom. The van der Waals surface area contributed by atoms with Crippen molar-refractivity contribution in [3.63, 3.8) is 0 Å². The Labute approximate surface area is 149 Å². The zero-order valence-electron chi connectivity index (χ0n) is 13.8. The van der Waals surface area contributed by atoms with Crippen molar-refractivity contribution in [2.45, 2.75) is 0 Å². The monoisotopic (exact) mass is 355 g/mol. The van der Waals surface area contributed by atoms with Gasteiger partial charge >= 0.3 is 0 Å². The third-order valence-corrected chi connectivity index (χ3v) is 4.21. The molecule has 7 heteroatoms. The number of ether oxygens (including phenoxy) is 2. The van der Waals surface area contributed by atoms with Gasteiger partial charge in [-0.15, -0.1) is 11.3 Å². The fraction of sp³-hybridized carbons (Fsp3) is 0.111. The van der Waals surface area contributed by atoms with Crippen molar-refractivity contribution < 1.29 is 14.6 Å². The van der Waals surface area contributed by atoms with Crippen molar-refractivity contribution in [3.8, 4) is 28.5 Å². The first kappa shape index (κ1) is 16.8. The summed E-state index contributed by atoms with van der Waals surface area (Å²) in [6, 6.07) is 12.7. The Morgan fingerprint density at radius 3 is 2.64 bits per heavy atom. The van der Waals surface area contributed by atoms with Crippen LogP contribution >= 0.6 is 11.3 Å². The van der Waals surface area contributed by atoms with Crippen LogP contribution < -0.4 is 14.9 Å². The summed E-state index contributed by atoms with van der Waals surface area (Å²) in [4.78, 5) is 4.50. The minimum absolute atomic E-state index is 0.0941. The van der Waals surface area contributed by atoms with E-state index in [0.717, 1.165) is 22.6 Å². The van der Waals surface area contributed by atoms with Gasteiger partial charge < -0.3 is 14.6 Å². The van der Waals surface area contributed by atoms with Gasteiger partial charge in [-0.25, -0.2) is 4.98 Å². The normalized spacial score (nSPS) is 10.8. The van der Waals surface area contributed by atoms with Gasteiger partial charge in [0.05, 0.1) is 26.1 Å². The number of methoxy groups -OCH3 is 2. The van der Waals surface area contributed by atoms with Crippen LogP contribution in [0.2, 0.25) is 0 Å². The molecule has 128 valence electrons. The van der Waals surface area contributed by atoms with Crippen LogP contribution in [0.1, 0.15) is 5.56 Å². The van der Waals surface area contributed by atoms with E-state index in [2.05, 4.69) is 15.5 Å². The molecule has 1 heterocycles. The third-order valence-electron chi connectivity index (χ3n) is 3.47. The van der Waals surface area contributed by atoms with Gasteiger partial charge in [0, 0.05) is 10.9 Å². The lowest BCUT2D eigenvalue weighted by atomic mass is 10.2. The van der Waals surface area contributed by atoms with Gasteiger partial charge in [-0.3, -0.25) is 5.43 Å². The lowest BCUT2D eigenvalue weighted by Gasteiger charge is -2.03. The van der Waals surface area contributed by atoms with Crippen LogP contribution in [0, 0.1) is 0 Å². The van der Waals surface area contributed by atoms with Gasteiger partial charge in [-0.2, -0.15) is 5.10 Å². The van der Waals surface area contributed by atoms with Crippen LogP contribution in [0.25, 0.3) is 11.3 Å². The predicted octanol–water partition coefficient (Wildman–Crippen LogP) is 3.98. The first-order chi connectivity index (χ1) is 12.2. The van der Waals surface area contributed by atoms with Gasteiger partial charge in [0.15, 0.2) is 11.5 Å². The number of hydrogen-bond donors (Lipinski definition) is 2. The topological polar surface area (TPSA) is 76.0 Å². The Hall–Kier alpha value is -3.06. The second-order valence-electron chi connectivity index (χ2n) is 5.07. The zero-order valence-corrected chi connectivity index (χ0v) is 14.6. The van der Waals surface area contributed by atoms with E-state index >= 15 is 0 Å². The van der Waals surface area contributed by atoms with Crippen LogP contribution in [-0.2, 0) is 0 Å². The zero-order chi connectivity index (χ0) is 17.6. The number of aromatic nitrogens is 1. The highest BCUT2D eigenvalue weighted by molar-refractivity contribution is 7.14. The van der Waals surface area contributed by atoms with Gasteiger partial charge in [0.2, 0.25) is 5.13 Å². The summed E-state index contributed by atoms with van der Waals surface area (Å²) >= 11 is 1.47. The second kappa shape index (κ2) is 7.67. The minimum atomic E-state index is 0.0941. The largest absolute Gasteiger partial charge is 0.504 e. The molecule has 25 heavy (non-hydrogen) atoms. The van der Waals surface area contributed by atoms with Gasteiger partial charge in [-0.1, -0.05) is 0 Å². The SMILES string of the molecule is COc1ccc(-c2csc(NN=Cc3ccc(O)c(OC)c3)n2)cc1. The molecular formula is C18H17N3O3S. The van der Waals surface area contributed by atoms with E-state index in [9.17, 15) is 5.11 Å². The number of anilines is 1. The van der Waals surface area contributed by atoms with Crippen LogP contribution in [0.5, 0.6) is 17.2 Å². The summed E-state index contributed by atoms with van der Waals surface area (Å²) in [6.07, 6.45) is 1.64. The van der Waals surface area contributed by atoms with Gasteiger partial charge in [0.1, 0.15) is 5.75 Å². The first-order valence-electron chi connectivity index (χ1n) is 7.45. The number of hydrazone groups is 1. The predicted molar refractivity (Wildman–Crippen MR) is 100.0 cm³/mol. The maximum atomic E-state index is 9.58. The maximum Gasteiger partial charge on any atom is 0.203 e. The molecule has 0 aliphatic heterocycles. The van der Waals surface area contributed by atoms with Gasteiger partial charge in [0.25, 0.3) is 0 Å².